The Morgan fingerprint density at radius 2 is 2.26 bits per heavy atom. The van der Waals surface area contributed by atoms with Gasteiger partial charge >= 0.3 is 0 Å². The number of amides is 1. The van der Waals surface area contributed by atoms with Crippen molar-refractivity contribution in [3.63, 3.8) is 0 Å². The number of rotatable bonds is 4. The summed E-state index contributed by atoms with van der Waals surface area (Å²) >= 11 is 1.60. The molecule has 0 aliphatic rings. The molecule has 5 heteroatoms. The molecule has 0 fully saturated rings. The fourth-order valence-electron chi connectivity index (χ4n) is 2.06. The lowest BCUT2D eigenvalue weighted by Gasteiger charge is -2.14. The SMILES string of the molecule is CCc1sc(C(=O)N(C)Cc2cnn(C)c2)cc1C. The highest BCUT2D eigenvalue weighted by Gasteiger charge is 2.16. The highest BCUT2D eigenvalue weighted by atomic mass is 32.1. The normalized spacial score (nSPS) is 10.7. The maximum atomic E-state index is 12.3. The zero-order chi connectivity index (χ0) is 14.0. The second kappa shape index (κ2) is 5.57. The van der Waals surface area contributed by atoms with Crippen molar-refractivity contribution in [2.45, 2.75) is 26.8 Å². The van der Waals surface area contributed by atoms with Crippen LogP contribution in [0.4, 0.5) is 0 Å². The van der Waals surface area contributed by atoms with Crippen molar-refractivity contribution in [3.05, 3.63) is 39.3 Å². The Hall–Kier alpha value is -1.62. The first-order chi connectivity index (χ1) is 9.01. The number of thiophene rings is 1. The summed E-state index contributed by atoms with van der Waals surface area (Å²) in [6.07, 6.45) is 4.71. The number of hydrogen-bond acceptors (Lipinski definition) is 3. The first-order valence-electron chi connectivity index (χ1n) is 6.33. The van der Waals surface area contributed by atoms with Gasteiger partial charge in [-0.25, -0.2) is 0 Å². The molecular formula is C14H19N3OS. The molecule has 0 saturated heterocycles. The van der Waals surface area contributed by atoms with E-state index < -0.39 is 0 Å². The van der Waals surface area contributed by atoms with E-state index >= 15 is 0 Å². The van der Waals surface area contributed by atoms with Gasteiger partial charge in [0.25, 0.3) is 5.91 Å². The number of carbonyl (C=O) groups is 1. The van der Waals surface area contributed by atoms with Crippen LogP contribution in [0.3, 0.4) is 0 Å². The van der Waals surface area contributed by atoms with Gasteiger partial charge in [-0.3, -0.25) is 9.48 Å². The van der Waals surface area contributed by atoms with Gasteiger partial charge in [0.15, 0.2) is 0 Å². The molecule has 0 saturated carbocycles. The van der Waals surface area contributed by atoms with Gasteiger partial charge in [-0.2, -0.15) is 5.10 Å². The van der Waals surface area contributed by atoms with Crippen LogP contribution in [0.15, 0.2) is 18.5 Å². The van der Waals surface area contributed by atoms with E-state index in [1.807, 2.05) is 26.4 Å². The summed E-state index contributed by atoms with van der Waals surface area (Å²) in [5, 5.41) is 4.11. The Bertz CT molecular complexity index is 585. The van der Waals surface area contributed by atoms with E-state index in [2.05, 4.69) is 18.9 Å². The smallest absolute Gasteiger partial charge is 0.263 e. The third-order valence-corrected chi connectivity index (χ3v) is 4.45. The van der Waals surface area contributed by atoms with Gasteiger partial charge in [0.2, 0.25) is 0 Å². The van der Waals surface area contributed by atoms with E-state index in [1.165, 1.54) is 10.4 Å². The Morgan fingerprint density at radius 3 is 2.79 bits per heavy atom. The summed E-state index contributed by atoms with van der Waals surface area (Å²) < 4.78 is 1.75. The quantitative estimate of drug-likeness (QED) is 0.861. The standard InChI is InChI=1S/C14H19N3OS/c1-5-12-10(2)6-13(19-12)14(18)16(3)8-11-7-15-17(4)9-11/h6-7,9H,5,8H2,1-4H3. The Kier molecular flexibility index (Phi) is 4.04. The molecular weight excluding hydrogens is 258 g/mol. The molecule has 1 amide bonds. The molecule has 4 nitrogen and oxygen atoms in total. The van der Waals surface area contributed by atoms with Gasteiger partial charge in [-0.05, 0) is 25.0 Å². The van der Waals surface area contributed by atoms with Crippen LogP contribution >= 0.6 is 11.3 Å². The van der Waals surface area contributed by atoms with Crippen LogP contribution in [0.2, 0.25) is 0 Å². The van der Waals surface area contributed by atoms with E-state index in [0.29, 0.717) is 6.54 Å². The molecule has 0 aliphatic carbocycles. The van der Waals surface area contributed by atoms with Crippen molar-refractivity contribution >= 4 is 17.2 Å². The number of carbonyl (C=O) groups excluding carboxylic acids is 1. The first kappa shape index (κ1) is 13.8. The van der Waals surface area contributed by atoms with Crippen molar-refractivity contribution in [3.8, 4) is 0 Å². The van der Waals surface area contributed by atoms with Crippen LogP contribution < -0.4 is 0 Å². The van der Waals surface area contributed by atoms with E-state index in [9.17, 15) is 4.79 Å². The molecule has 19 heavy (non-hydrogen) atoms. The summed E-state index contributed by atoms with van der Waals surface area (Å²) in [7, 11) is 3.71. The molecule has 0 aromatic carbocycles. The highest BCUT2D eigenvalue weighted by Crippen LogP contribution is 2.23. The Labute approximate surface area is 117 Å². The second-order valence-corrected chi connectivity index (χ2v) is 5.89. The zero-order valence-corrected chi connectivity index (χ0v) is 12.6. The maximum Gasteiger partial charge on any atom is 0.263 e. The summed E-state index contributed by atoms with van der Waals surface area (Å²) in [6, 6.07) is 1.99. The summed E-state index contributed by atoms with van der Waals surface area (Å²) in [5.41, 5.74) is 2.26. The summed E-state index contributed by atoms with van der Waals surface area (Å²) in [5.74, 6) is 0.0802. The second-order valence-electron chi connectivity index (χ2n) is 4.75. The molecule has 0 bridgehead atoms. The van der Waals surface area contributed by atoms with Crippen LogP contribution in [-0.4, -0.2) is 27.6 Å². The van der Waals surface area contributed by atoms with Gasteiger partial charge in [-0.15, -0.1) is 11.3 Å². The predicted molar refractivity (Wildman–Crippen MR) is 77.4 cm³/mol. The minimum atomic E-state index is 0.0802. The molecule has 0 unspecified atom stereocenters. The van der Waals surface area contributed by atoms with Crippen LogP contribution in [0.25, 0.3) is 0 Å². The average Bonchev–Trinajstić information content (AvgIpc) is 2.94. The van der Waals surface area contributed by atoms with Gasteiger partial charge < -0.3 is 4.90 Å². The molecule has 2 rings (SSSR count). The molecule has 2 heterocycles. The lowest BCUT2D eigenvalue weighted by Crippen LogP contribution is -2.25. The molecule has 0 aliphatic heterocycles. The minimum Gasteiger partial charge on any atom is -0.337 e. The number of aromatic nitrogens is 2. The fraction of sp³-hybridized carbons (Fsp3) is 0.429. The van der Waals surface area contributed by atoms with Crippen LogP contribution in [0.5, 0.6) is 0 Å². The monoisotopic (exact) mass is 277 g/mol. The molecule has 2 aromatic rings. The fourth-order valence-corrected chi connectivity index (χ4v) is 3.17. The van der Waals surface area contributed by atoms with Crippen molar-refractivity contribution < 1.29 is 4.79 Å². The van der Waals surface area contributed by atoms with E-state index in [4.69, 9.17) is 0 Å². The number of aryl methyl sites for hydroxylation is 3. The lowest BCUT2D eigenvalue weighted by molar-refractivity contribution is 0.0790. The average molecular weight is 277 g/mol. The topological polar surface area (TPSA) is 38.1 Å². The maximum absolute atomic E-state index is 12.3. The van der Waals surface area contributed by atoms with Crippen molar-refractivity contribution in [1.82, 2.24) is 14.7 Å². The number of nitrogens with zero attached hydrogens (tertiary/aromatic N) is 3. The highest BCUT2D eigenvalue weighted by molar-refractivity contribution is 7.14. The Morgan fingerprint density at radius 1 is 1.53 bits per heavy atom. The molecule has 0 radical (unpaired) electrons. The van der Waals surface area contributed by atoms with Crippen LogP contribution in [0, 0.1) is 6.92 Å². The van der Waals surface area contributed by atoms with Crippen LogP contribution in [-0.2, 0) is 20.0 Å². The minimum absolute atomic E-state index is 0.0802. The third kappa shape index (κ3) is 3.04. The van der Waals surface area contributed by atoms with E-state index in [-0.39, 0.29) is 5.91 Å². The zero-order valence-electron chi connectivity index (χ0n) is 11.8. The largest absolute Gasteiger partial charge is 0.337 e. The molecule has 0 spiro atoms. The van der Waals surface area contributed by atoms with E-state index in [0.717, 1.165) is 16.9 Å². The molecule has 102 valence electrons. The Balaban J connectivity index is 2.09. The van der Waals surface area contributed by atoms with Crippen molar-refractivity contribution in [2.24, 2.45) is 7.05 Å². The van der Waals surface area contributed by atoms with Crippen molar-refractivity contribution in [1.29, 1.82) is 0 Å². The first-order valence-corrected chi connectivity index (χ1v) is 7.15. The van der Waals surface area contributed by atoms with Gasteiger partial charge in [0.1, 0.15) is 0 Å². The molecule has 0 N–H and O–H groups in total. The number of hydrogen-bond donors (Lipinski definition) is 0. The summed E-state index contributed by atoms with van der Waals surface area (Å²) in [4.78, 5) is 16.2. The third-order valence-electron chi connectivity index (χ3n) is 3.08. The predicted octanol–water partition coefficient (Wildman–Crippen LogP) is 2.62. The molecule has 2 aromatic heterocycles. The molecule has 0 atom stereocenters. The van der Waals surface area contributed by atoms with E-state index in [1.54, 1.807) is 27.1 Å². The van der Waals surface area contributed by atoms with Gasteiger partial charge in [0.05, 0.1) is 11.1 Å². The van der Waals surface area contributed by atoms with Crippen LogP contribution in [0.1, 0.15) is 32.6 Å². The van der Waals surface area contributed by atoms with Gasteiger partial charge in [-0.1, -0.05) is 6.92 Å². The van der Waals surface area contributed by atoms with Gasteiger partial charge in [0, 0.05) is 37.3 Å². The van der Waals surface area contributed by atoms with Crippen molar-refractivity contribution in [2.75, 3.05) is 7.05 Å². The lowest BCUT2D eigenvalue weighted by atomic mass is 10.2. The summed E-state index contributed by atoms with van der Waals surface area (Å²) in [6.45, 7) is 4.77.